The monoisotopic (exact) mass is 432 g/mol. The molecule has 0 atom stereocenters. The average Bonchev–Trinajstić information content (AvgIpc) is 2.63. The first kappa shape index (κ1) is 21.0. The van der Waals surface area contributed by atoms with E-state index in [1.54, 1.807) is 19.1 Å². The number of halogens is 1. The van der Waals surface area contributed by atoms with Gasteiger partial charge in [-0.05, 0) is 54.3 Å². The third-order valence-electron chi connectivity index (χ3n) is 4.16. The molecule has 2 aromatic rings. The van der Waals surface area contributed by atoms with Gasteiger partial charge in [-0.25, -0.2) is 0 Å². The van der Waals surface area contributed by atoms with Crippen molar-refractivity contribution in [3.63, 3.8) is 0 Å². The van der Waals surface area contributed by atoms with Gasteiger partial charge in [-0.15, -0.1) is 0 Å². The highest BCUT2D eigenvalue weighted by Gasteiger charge is 2.12. The maximum Gasteiger partial charge on any atom is 0.262 e. The highest BCUT2D eigenvalue weighted by molar-refractivity contribution is 9.10. The van der Waals surface area contributed by atoms with E-state index in [4.69, 9.17) is 4.74 Å². The number of hydrogen-bond donors (Lipinski definition) is 2. The molecule has 0 bridgehead atoms. The Morgan fingerprint density at radius 3 is 2.30 bits per heavy atom. The molecule has 0 aliphatic heterocycles. The van der Waals surface area contributed by atoms with Gasteiger partial charge in [-0.3, -0.25) is 9.59 Å². The quantitative estimate of drug-likeness (QED) is 0.627. The number of anilines is 2. The number of carbonyl (C=O) groups is 2. The average molecular weight is 433 g/mol. The molecule has 0 saturated heterocycles. The Balaban J connectivity index is 2.05. The van der Waals surface area contributed by atoms with Gasteiger partial charge in [0.2, 0.25) is 5.91 Å². The van der Waals surface area contributed by atoms with Crippen LogP contribution in [-0.2, 0) is 9.59 Å². The summed E-state index contributed by atoms with van der Waals surface area (Å²) in [5, 5.41) is 5.68. The van der Waals surface area contributed by atoms with Crippen LogP contribution in [0.15, 0.2) is 40.9 Å². The third kappa shape index (κ3) is 5.82. The maximum absolute atomic E-state index is 12.3. The van der Waals surface area contributed by atoms with E-state index in [1.165, 1.54) is 0 Å². The first-order valence-corrected chi connectivity index (χ1v) is 9.72. The smallest absolute Gasteiger partial charge is 0.262 e. The van der Waals surface area contributed by atoms with Crippen LogP contribution in [0.4, 0.5) is 11.4 Å². The van der Waals surface area contributed by atoms with Gasteiger partial charge >= 0.3 is 0 Å². The van der Waals surface area contributed by atoms with E-state index in [2.05, 4.69) is 40.4 Å². The second kappa shape index (κ2) is 9.55. The van der Waals surface area contributed by atoms with Crippen LogP contribution in [0.2, 0.25) is 0 Å². The zero-order valence-electron chi connectivity index (χ0n) is 16.1. The van der Waals surface area contributed by atoms with E-state index in [0.29, 0.717) is 23.5 Å². The lowest BCUT2D eigenvalue weighted by molar-refractivity contribution is -0.118. The fraction of sp³-hybridized carbons (Fsp3) is 0.333. The van der Waals surface area contributed by atoms with Crippen LogP contribution >= 0.6 is 15.9 Å². The van der Waals surface area contributed by atoms with Crippen LogP contribution in [-0.4, -0.2) is 18.4 Å². The van der Waals surface area contributed by atoms with Crippen LogP contribution in [0.25, 0.3) is 0 Å². The summed E-state index contributed by atoms with van der Waals surface area (Å²) in [5.41, 5.74) is 3.18. The molecule has 0 saturated carbocycles. The normalized spacial score (nSPS) is 10.6. The molecule has 2 aromatic carbocycles. The second-order valence-electron chi connectivity index (χ2n) is 6.55. The van der Waals surface area contributed by atoms with Crippen molar-refractivity contribution in [1.29, 1.82) is 0 Å². The van der Waals surface area contributed by atoms with Crippen molar-refractivity contribution in [2.24, 2.45) is 0 Å². The fourth-order valence-electron chi connectivity index (χ4n) is 2.58. The number of hydrogen-bond acceptors (Lipinski definition) is 3. The number of benzene rings is 2. The topological polar surface area (TPSA) is 67.4 Å². The molecule has 0 unspecified atom stereocenters. The summed E-state index contributed by atoms with van der Waals surface area (Å²) in [6.07, 6.45) is 0.398. The molecule has 144 valence electrons. The Bertz CT molecular complexity index is 834. The molecule has 0 spiro atoms. The number of ether oxygens (including phenoxy) is 1. The summed E-state index contributed by atoms with van der Waals surface area (Å²) in [5.74, 6) is 0.654. The predicted molar refractivity (Wildman–Crippen MR) is 112 cm³/mol. The Hall–Kier alpha value is -2.34. The Morgan fingerprint density at radius 1 is 1.07 bits per heavy atom. The summed E-state index contributed by atoms with van der Waals surface area (Å²) < 4.78 is 6.71. The third-order valence-corrected chi connectivity index (χ3v) is 4.65. The van der Waals surface area contributed by atoms with Gasteiger partial charge in [0, 0.05) is 22.3 Å². The molecule has 5 nitrogen and oxygen atoms in total. The lowest BCUT2D eigenvalue weighted by atomic mass is 10.0. The Labute approximate surface area is 168 Å². The lowest BCUT2D eigenvalue weighted by Gasteiger charge is -2.16. The molecular formula is C21H25BrN2O3. The van der Waals surface area contributed by atoms with Gasteiger partial charge < -0.3 is 15.4 Å². The summed E-state index contributed by atoms with van der Waals surface area (Å²) in [6, 6.07) is 11.2. The Kier molecular flexibility index (Phi) is 7.42. The molecule has 0 aliphatic rings. The van der Waals surface area contributed by atoms with Crippen molar-refractivity contribution in [2.45, 2.75) is 40.0 Å². The van der Waals surface area contributed by atoms with Crippen LogP contribution < -0.4 is 15.4 Å². The van der Waals surface area contributed by atoms with Crippen molar-refractivity contribution < 1.29 is 14.3 Å². The van der Waals surface area contributed by atoms with E-state index in [0.717, 1.165) is 15.6 Å². The van der Waals surface area contributed by atoms with Gasteiger partial charge in [-0.1, -0.05) is 42.8 Å². The maximum atomic E-state index is 12.3. The van der Waals surface area contributed by atoms with Gasteiger partial charge in [0.25, 0.3) is 5.91 Å². The minimum Gasteiger partial charge on any atom is -0.483 e. The van der Waals surface area contributed by atoms with Gasteiger partial charge in [-0.2, -0.15) is 0 Å². The highest BCUT2D eigenvalue weighted by Crippen LogP contribution is 2.29. The molecule has 0 aliphatic carbocycles. The molecule has 0 fully saturated rings. The standard InChI is InChI=1S/C21H25BrN2O3/c1-5-20(25)23-17-7-6-8-18(14(17)4)24-21(26)12-27-19-10-9-15(22)11-16(19)13(2)3/h6-11,13H,5,12H2,1-4H3,(H,23,25)(H,24,26). The van der Waals surface area contributed by atoms with Crippen molar-refractivity contribution in [2.75, 3.05) is 17.2 Å². The van der Waals surface area contributed by atoms with Crippen molar-refractivity contribution in [3.8, 4) is 5.75 Å². The first-order valence-electron chi connectivity index (χ1n) is 8.93. The summed E-state index contributed by atoms with van der Waals surface area (Å²) in [6.45, 7) is 7.71. The van der Waals surface area contributed by atoms with E-state index < -0.39 is 0 Å². The highest BCUT2D eigenvalue weighted by atomic mass is 79.9. The Morgan fingerprint density at radius 2 is 1.70 bits per heavy atom. The largest absolute Gasteiger partial charge is 0.483 e. The molecule has 2 N–H and O–H groups in total. The molecular weight excluding hydrogens is 408 g/mol. The van der Waals surface area contributed by atoms with Gasteiger partial charge in [0.05, 0.1) is 0 Å². The van der Waals surface area contributed by atoms with Crippen molar-refractivity contribution in [1.82, 2.24) is 0 Å². The van der Waals surface area contributed by atoms with Gasteiger partial charge in [0.1, 0.15) is 5.75 Å². The molecule has 2 rings (SSSR count). The van der Waals surface area contributed by atoms with Crippen LogP contribution in [0.1, 0.15) is 44.2 Å². The number of carbonyl (C=O) groups excluding carboxylic acids is 2. The minimum atomic E-state index is -0.255. The molecule has 0 aromatic heterocycles. The summed E-state index contributed by atoms with van der Waals surface area (Å²) >= 11 is 3.46. The zero-order chi connectivity index (χ0) is 20.0. The van der Waals surface area contributed by atoms with E-state index in [-0.39, 0.29) is 24.3 Å². The zero-order valence-corrected chi connectivity index (χ0v) is 17.6. The van der Waals surface area contributed by atoms with Crippen LogP contribution in [0.3, 0.4) is 0 Å². The number of rotatable bonds is 7. The van der Waals surface area contributed by atoms with Crippen molar-refractivity contribution >= 4 is 39.1 Å². The molecule has 0 heterocycles. The van der Waals surface area contributed by atoms with E-state index in [9.17, 15) is 9.59 Å². The second-order valence-corrected chi connectivity index (χ2v) is 7.47. The molecule has 27 heavy (non-hydrogen) atoms. The summed E-state index contributed by atoms with van der Waals surface area (Å²) in [4.78, 5) is 24.0. The van der Waals surface area contributed by atoms with E-state index >= 15 is 0 Å². The molecule has 0 radical (unpaired) electrons. The van der Waals surface area contributed by atoms with E-state index in [1.807, 2.05) is 31.2 Å². The number of nitrogens with one attached hydrogen (secondary N) is 2. The first-order chi connectivity index (χ1) is 12.8. The lowest BCUT2D eigenvalue weighted by Crippen LogP contribution is -2.21. The molecule has 2 amide bonds. The fourth-order valence-corrected chi connectivity index (χ4v) is 2.96. The minimum absolute atomic E-state index is 0.0682. The van der Waals surface area contributed by atoms with Crippen LogP contribution in [0.5, 0.6) is 5.75 Å². The van der Waals surface area contributed by atoms with Crippen molar-refractivity contribution in [3.05, 3.63) is 52.0 Å². The number of amides is 2. The predicted octanol–water partition coefficient (Wildman–Crippen LogP) is 5.25. The molecule has 6 heteroatoms. The SMILES string of the molecule is CCC(=O)Nc1cccc(NC(=O)COc2ccc(Br)cc2C(C)C)c1C. The summed E-state index contributed by atoms with van der Waals surface area (Å²) in [7, 11) is 0. The van der Waals surface area contributed by atoms with Gasteiger partial charge in [0.15, 0.2) is 6.61 Å². The van der Waals surface area contributed by atoms with Crippen LogP contribution in [0, 0.1) is 6.92 Å².